The maximum atomic E-state index is 13.0. The van der Waals surface area contributed by atoms with E-state index < -0.39 is 97.5 Å². The number of carbonyl (C=O) groups is 4. The van der Waals surface area contributed by atoms with Crippen LogP contribution < -0.4 is 0 Å². The Morgan fingerprint density at radius 1 is 0.307 bits per heavy atom. The molecule has 0 aromatic carbocycles. The van der Waals surface area contributed by atoms with Crippen LogP contribution in [0.15, 0.2) is 0 Å². The number of rotatable bonds is 69. The van der Waals surface area contributed by atoms with Gasteiger partial charge in [0.25, 0.3) is 0 Å². The number of carbonyl (C=O) groups excluding carboxylic acids is 4. The molecule has 0 aliphatic rings. The van der Waals surface area contributed by atoms with Crippen molar-refractivity contribution in [3.8, 4) is 0 Å². The second-order valence-corrected chi connectivity index (χ2v) is 28.3. The summed E-state index contributed by atoms with van der Waals surface area (Å²) >= 11 is 0. The van der Waals surface area contributed by atoms with Crippen LogP contribution in [0.5, 0.6) is 0 Å². The third kappa shape index (κ3) is 62.8. The van der Waals surface area contributed by atoms with Crippen LogP contribution in [0.4, 0.5) is 0 Å². The van der Waals surface area contributed by atoms with Gasteiger partial charge >= 0.3 is 39.5 Å². The SMILES string of the molecule is CCCCCCCCCCCCCCCCCCCCCCCC(=O)O[C@H](COC(=O)CCCCCCCCCCCCCCC(C)C)COP(=O)(O)OC[C@@H](O)COP(=O)(O)OC[C@@H](COC(=O)CCCCCCC)OC(=O)CCCCCCCCC. The van der Waals surface area contributed by atoms with Crippen molar-refractivity contribution >= 4 is 39.5 Å². The van der Waals surface area contributed by atoms with E-state index in [2.05, 4.69) is 34.6 Å². The number of hydrogen-bond donors (Lipinski definition) is 3. The summed E-state index contributed by atoms with van der Waals surface area (Å²) in [7, 11) is -9.88. The van der Waals surface area contributed by atoms with E-state index in [1.807, 2.05) is 0 Å². The van der Waals surface area contributed by atoms with Gasteiger partial charge in [-0.05, 0) is 31.6 Å². The summed E-state index contributed by atoms with van der Waals surface area (Å²) in [5.41, 5.74) is 0. The van der Waals surface area contributed by atoms with Gasteiger partial charge < -0.3 is 33.8 Å². The smallest absolute Gasteiger partial charge is 0.462 e. The van der Waals surface area contributed by atoms with E-state index in [-0.39, 0.29) is 25.7 Å². The Bertz CT molecular complexity index is 1700. The molecular weight excluding hydrogens is 1160 g/mol. The zero-order chi connectivity index (χ0) is 64.9. The number of aliphatic hydroxyl groups is 1. The van der Waals surface area contributed by atoms with Crippen LogP contribution in [0, 0.1) is 5.92 Å². The highest BCUT2D eigenvalue weighted by Gasteiger charge is 2.30. The Kier molecular flexibility index (Phi) is 61.1. The number of phosphoric acid groups is 2. The first-order valence-electron chi connectivity index (χ1n) is 36.1. The number of esters is 4. The van der Waals surface area contributed by atoms with E-state index in [9.17, 15) is 43.2 Å². The Morgan fingerprint density at radius 3 is 0.773 bits per heavy atom. The second-order valence-electron chi connectivity index (χ2n) is 25.4. The predicted octanol–water partition coefficient (Wildman–Crippen LogP) is 19.7. The van der Waals surface area contributed by atoms with E-state index in [4.69, 9.17) is 37.0 Å². The zero-order valence-corrected chi connectivity index (χ0v) is 58.6. The number of ether oxygens (including phenoxy) is 4. The third-order valence-corrected chi connectivity index (χ3v) is 17.9. The van der Waals surface area contributed by atoms with E-state index in [1.54, 1.807) is 0 Å². The highest BCUT2D eigenvalue weighted by atomic mass is 31.2. The minimum absolute atomic E-state index is 0.103. The molecule has 0 fully saturated rings. The van der Waals surface area contributed by atoms with E-state index >= 15 is 0 Å². The lowest BCUT2D eigenvalue weighted by atomic mass is 10.0. The quantitative estimate of drug-likeness (QED) is 0.0222. The lowest BCUT2D eigenvalue weighted by molar-refractivity contribution is -0.161. The van der Waals surface area contributed by atoms with Crippen LogP contribution in [0.1, 0.15) is 356 Å². The number of aliphatic hydroxyl groups excluding tert-OH is 1. The molecule has 522 valence electrons. The zero-order valence-electron chi connectivity index (χ0n) is 56.9. The average Bonchev–Trinajstić information content (AvgIpc) is 3.49. The highest BCUT2D eigenvalue weighted by Crippen LogP contribution is 2.45. The standard InChI is InChI=1S/C69H134O17P2/c1-6-9-12-15-17-18-19-20-21-22-23-24-25-26-27-28-33-36-40-45-50-55-69(74)86-65(59-80-67(72)53-48-43-39-35-32-30-29-31-34-38-42-46-51-62(4)5)61-84-88(77,78)82-57-63(70)56-81-87(75,76)83-60-64(58-79-66(71)52-47-41-14-11-8-3)85-68(73)54-49-44-37-16-13-10-7-2/h62-65,70H,6-61H2,1-5H3,(H,75,76)(H,77,78)/t63-,64+,65+/m0/s1. The van der Waals surface area contributed by atoms with Crippen LogP contribution in [0.2, 0.25) is 0 Å². The van der Waals surface area contributed by atoms with Gasteiger partial charge in [-0.15, -0.1) is 0 Å². The lowest BCUT2D eigenvalue weighted by Crippen LogP contribution is -2.30. The van der Waals surface area contributed by atoms with Gasteiger partial charge in [-0.1, -0.05) is 304 Å². The Hall–Kier alpha value is -1.94. The monoisotopic (exact) mass is 1300 g/mol. The van der Waals surface area contributed by atoms with Crippen molar-refractivity contribution in [3.63, 3.8) is 0 Å². The summed E-state index contributed by atoms with van der Waals surface area (Å²) in [6.45, 7) is 7.11. The van der Waals surface area contributed by atoms with Gasteiger partial charge in [0.05, 0.1) is 26.4 Å². The molecule has 2 unspecified atom stereocenters. The predicted molar refractivity (Wildman–Crippen MR) is 354 cm³/mol. The summed E-state index contributed by atoms with van der Waals surface area (Å²) in [5, 5.41) is 10.5. The lowest BCUT2D eigenvalue weighted by Gasteiger charge is -2.21. The topological polar surface area (TPSA) is 237 Å². The van der Waals surface area contributed by atoms with Crippen LogP contribution in [-0.4, -0.2) is 96.7 Å². The molecule has 0 spiro atoms. The second kappa shape index (κ2) is 62.5. The molecule has 0 aliphatic carbocycles. The Morgan fingerprint density at radius 2 is 0.523 bits per heavy atom. The fourth-order valence-electron chi connectivity index (χ4n) is 10.5. The number of hydrogen-bond acceptors (Lipinski definition) is 15. The van der Waals surface area contributed by atoms with Gasteiger partial charge in [0.15, 0.2) is 12.2 Å². The first kappa shape index (κ1) is 86.1. The Balaban J connectivity index is 5.08. The molecule has 0 saturated heterocycles. The molecule has 0 saturated carbocycles. The van der Waals surface area contributed by atoms with Crippen molar-refractivity contribution in [2.45, 2.75) is 374 Å². The first-order valence-corrected chi connectivity index (χ1v) is 39.1. The Labute approximate surface area is 537 Å². The minimum Gasteiger partial charge on any atom is -0.462 e. The normalized spacial score (nSPS) is 14.1. The third-order valence-electron chi connectivity index (χ3n) is 16.0. The summed E-state index contributed by atoms with van der Waals surface area (Å²) in [6, 6.07) is 0. The van der Waals surface area contributed by atoms with Crippen molar-refractivity contribution in [2.24, 2.45) is 5.92 Å². The molecule has 0 radical (unpaired) electrons. The molecule has 0 aromatic rings. The molecule has 5 atom stereocenters. The van der Waals surface area contributed by atoms with E-state index in [1.165, 1.54) is 161 Å². The molecule has 3 N–H and O–H groups in total. The molecule has 19 heteroatoms. The first-order chi connectivity index (χ1) is 42.5. The van der Waals surface area contributed by atoms with Crippen molar-refractivity contribution < 1.29 is 80.2 Å². The minimum atomic E-state index is -4.95. The summed E-state index contributed by atoms with van der Waals surface area (Å²) < 4.78 is 67.9. The van der Waals surface area contributed by atoms with Gasteiger partial charge in [-0.25, -0.2) is 9.13 Å². The van der Waals surface area contributed by atoms with Crippen LogP contribution >= 0.6 is 15.6 Å². The molecule has 0 bridgehead atoms. The molecule has 0 aromatic heterocycles. The molecule has 0 amide bonds. The molecule has 0 heterocycles. The van der Waals surface area contributed by atoms with Crippen LogP contribution in [0.25, 0.3) is 0 Å². The molecule has 17 nitrogen and oxygen atoms in total. The van der Waals surface area contributed by atoms with Gasteiger partial charge in [0.1, 0.15) is 19.3 Å². The van der Waals surface area contributed by atoms with Crippen molar-refractivity contribution in [3.05, 3.63) is 0 Å². The molecule has 0 rings (SSSR count). The summed E-state index contributed by atoms with van der Waals surface area (Å²) in [6.07, 6.45) is 49.3. The fraction of sp³-hybridized carbons (Fsp3) is 0.942. The fourth-order valence-corrected chi connectivity index (χ4v) is 12.0. The van der Waals surface area contributed by atoms with Crippen molar-refractivity contribution in [2.75, 3.05) is 39.6 Å². The van der Waals surface area contributed by atoms with E-state index in [0.717, 1.165) is 115 Å². The molecular formula is C69H134O17P2. The van der Waals surface area contributed by atoms with Crippen LogP contribution in [0.3, 0.4) is 0 Å². The van der Waals surface area contributed by atoms with Gasteiger partial charge in [0, 0.05) is 25.7 Å². The number of unbranched alkanes of at least 4 members (excludes halogenated alkanes) is 41. The highest BCUT2D eigenvalue weighted by molar-refractivity contribution is 7.47. The summed E-state index contributed by atoms with van der Waals surface area (Å²) in [4.78, 5) is 72.0. The summed E-state index contributed by atoms with van der Waals surface area (Å²) in [5.74, 6) is -1.36. The van der Waals surface area contributed by atoms with Gasteiger partial charge in [-0.3, -0.25) is 37.3 Å². The maximum absolute atomic E-state index is 13.0. The number of phosphoric ester groups is 2. The van der Waals surface area contributed by atoms with Gasteiger partial charge in [0.2, 0.25) is 0 Å². The largest absolute Gasteiger partial charge is 0.472 e. The molecule has 88 heavy (non-hydrogen) atoms. The van der Waals surface area contributed by atoms with Crippen molar-refractivity contribution in [1.82, 2.24) is 0 Å². The maximum Gasteiger partial charge on any atom is 0.472 e. The van der Waals surface area contributed by atoms with E-state index in [0.29, 0.717) is 25.7 Å². The van der Waals surface area contributed by atoms with Crippen LogP contribution in [-0.2, 0) is 65.4 Å². The average molecular weight is 1300 g/mol. The van der Waals surface area contributed by atoms with Gasteiger partial charge in [-0.2, -0.15) is 0 Å². The molecule has 0 aliphatic heterocycles. The van der Waals surface area contributed by atoms with Crippen molar-refractivity contribution in [1.29, 1.82) is 0 Å².